The summed E-state index contributed by atoms with van der Waals surface area (Å²) in [4.78, 5) is 45.3. The summed E-state index contributed by atoms with van der Waals surface area (Å²) in [6, 6.07) is 34.0. The number of hydrogen-bond acceptors (Lipinski definition) is 10. The second kappa shape index (κ2) is 26.9. The molecule has 0 saturated carbocycles. The first kappa shape index (κ1) is 61.1. The van der Waals surface area contributed by atoms with Crippen molar-refractivity contribution in [3.05, 3.63) is 119 Å². The summed E-state index contributed by atoms with van der Waals surface area (Å²) in [5.74, 6) is 4.68. The molecule has 0 N–H and O–H groups in total. The molecule has 89 heavy (non-hydrogen) atoms. The molecule has 0 amide bonds. The predicted octanol–water partition coefficient (Wildman–Crippen LogP) is 19.8. The second-order valence-electron chi connectivity index (χ2n) is 24.1. The van der Waals surface area contributed by atoms with Crippen molar-refractivity contribution in [2.24, 2.45) is 0 Å². The molecule has 2 aliphatic rings. The molecule has 0 atom stereocenters. The maximum atomic E-state index is 7.13. The number of benzene rings is 8. The Kier molecular flexibility index (Phi) is 18.5. The molecule has 0 aliphatic carbocycles. The molecule has 13 rings (SSSR count). The van der Waals surface area contributed by atoms with Gasteiger partial charge in [0, 0.05) is 76.8 Å². The van der Waals surface area contributed by atoms with E-state index in [-0.39, 0.29) is 17.1 Å². The fraction of sp³-hybridized carbons (Fsp3) is 0.368. The standard InChI is InChI=1S/C76H80N8O4.Cu/c1-9-13-17-29-41-85-65-53-37-25-21-33-49(53)45(5)57-61(65)73-78-69(57)77-70-58-46(6)50-34-22-26-38-54(50)66(86-42-30-18-14-10-2)62(58)74(79-70)81-72-60-48(8)52-36-24-28-40-56(52)68(88-44-32-20-16-12-4)64(60)76(83-72)84-75-63-59(71(80-73)82-75)47(7)51-35-23-27-39-55(51)67(63)87-43-31-19-15-11-3;/h21-28,33-40H,9-20,29-32,41-44H2,1-8H3;/q-2;+2. The van der Waals surface area contributed by atoms with E-state index in [0.29, 0.717) is 83.8 Å². The van der Waals surface area contributed by atoms with Gasteiger partial charge in [0.05, 0.1) is 60.9 Å². The van der Waals surface area contributed by atoms with Crippen LogP contribution >= 0.6 is 0 Å². The van der Waals surface area contributed by atoms with Crippen molar-refractivity contribution in [1.82, 2.24) is 39.9 Å². The van der Waals surface area contributed by atoms with Gasteiger partial charge in [0.25, 0.3) is 0 Å². The summed E-state index contributed by atoms with van der Waals surface area (Å²) in [6.07, 6.45) is 16.9. The molecule has 13 heteroatoms. The molecule has 0 unspecified atom stereocenters. The van der Waals surface area contributed by atoms with Gasteiger partial charge in [0.2, 0.25) is 0 Å². The Balaban J connectivity index is 0.00000769. The zero-order valence-corrected chi connectivity index (χ0v) is 53.8. The third-order valence-corrected chi connectivity index (χ3v) is 18.2. The number of ether oxygens (including phenoxy) is 4. The van der Waals surface area contributed by atoms with Crippen LogP contribution in [0.2, 0.25) is 0 Å². The molecule has 3 aromatic heterocycles. The molecule has 2 aliphatic heterocycles. The van der Waals surface area contributed by atoms with Crippen LogP contribution in [0.1, 0.15) is 153 Å². The monoisotopic (exact) mass is 1230 g/mol. The average Bonchev–Trinajstić information content (AvgIpc) is 1.72. The molecule has 0 fully saturated rings. The maximum absolute atomic E-state index is 7.13. The molecule has 5 heterocycles. The smallest absolute Gasteiger partial charge is 0.492 e. The van der Waals surface area contributed by atoms with E-state index in [9.17, 15) is 0 Å². The zero-order chi connectivity index (χ0) is 60.4. The number of hydrogen-bond donors (Lipinski definition) is 0. The molecule has 0 saturated heterocycles. The molecular formula is C76H80CuN8O4. The summed E-state index contributed by atoms with van der Waals surface area (Å²) < 4.78 is 28.5. The second-order valence-corrected chi connectivity index (χ2v) is 24.1. The number of nitrogens with zero attached hydrogens (tertiary/aromatic N) is 8. The van der Waals surface area contributed by atoms with Crippen LogP contribution in [0.5, 0.6) is 23.0 Å². The van der Waals surface area contributed by atoms with Crippen molar-refractivity contribution in [3.8, 4) is 68.5 Å². The summed E-state index contributed by atoms with van der Waals surface area (Å²) in [7, 11) is 0. The zero-order valence-electron chi connectivity index (χ0n) is 52.9. The topological polar surface area (TPSA) is 142 Å². The number of fused-ring (bicyclic) bond motifs is 24. The quantitative estimate of drug-likeness (QED) is 0.0420. The van der Waals surface area contributed by atoms with Gasteiger partial charge in [-0.3, -0.25) is 0 Å². The van der Waals surface area contributed by atoms with Crippen LogP contribution in [0, 0.1) is 27.7 Å². The van der Waals surface area contributed by atoms with Gasteiger partial charge in [-0.15, -0.1) is 0 Å². The molecule has 1 radical (unpaired) electrons. The van der Waals surface area contributed by atoms with Crippen LogP contribution in [-0.2, 0) is 17.1 Å². The number of rotatable bonds is 24. The SMILES string of the molecule is CCCCCCOc1c2c(c(C)c3ccccc13)-c1nc-2nc2[n-]c(nc3nc(nc4[n-]c(n1)c1c(C)c5ccccc5c(OCCCCCC)c41)-c1c-3c(OCCCCCC)c3ccccc3c1C)c1c(OCCCCCC)c3ccccc3c(C)c21.[Cu+2]. The Morgan fingerprint density at radius 3 is 0.854 bits per heavy atom. The Morgan fingerprint density at radius 1 is 0.281 bits per heavy atom. The Morgan fingerprint density at radius 2 is 0.539 bits per heavy atom. The Bertz CT molecular complexity index is 4670. The van der Waals surface area contributed by atoms with Gasteiger partial charge in [-0.1, -0.05) is 202 Å². The molecule has 8 bridgehead atoms. The number of aryl methyl sites for hydroxylation is 4. The third kappa shape index (κ3) is 11.2. The van der Waals surface area contributed by atoms with Gasteiger partial charge in [-0.25, -0.2) is 9.97 Å². The fourth-order valence-corrected chi connectivity index (χ4v) is 13.6. The molecule has 0 spiro atoms. The van der Waals surface area contributed by atoms with E-state index in [0.717, 1.165) is 223 Å². The van der Waals surface area contributed by atoms with E-state index in [1.54, 1.807) is 0 Å². The van der Waals surface area contributed by atoms with Crippen molar-refractivity contribution in [1.29, 1.82) is 0 Å². The van der Waals surface area contributed by atoms with E-state index in [1.165, 1.54) is 0 Å². The average molecular weight is 1230 g/mol. The van der Waals surface area contributed by atoms with Gasteiger partial charge in [-0.05, 0) is 97.2 Å². The van der Waals surface area contributed by atoms with Gasteiger partial charge < -0.3 is 48.9 Å². The maximum Gasteiger partial charge on any atom is 2.00 e. The minimum absolute atomic E-state index is 0. The normalized spacial score (nSPS) is 12.0. The van der Waals surface area contributed by atoms with Gasteiger partial charge in [-0.2, -0.15) is 0 Å². The summed E-state index contributed by atoms with van der Waals surface area (Å²) >= 11 is 0. The van der Waals surface area contributed by atoms with Crippen molar-refractivity contribution in [3.63, 3.8) is 0 Å². The van der Waals surface area contributed by atoms with Gasteiger partial charge in [0.1, 0.15) is 23.0 Å². The van der Waals surface area contributed by atoms with Gasteiger partial charge in [0.15, 0.2) is 0 Å². The summed E-state index contributed by atoms with van der Waals surface area (Å²) in [5.41, 5.74) is 9.02. The van der Waals surface area contributed by atoms with Crippen molar-refractivity contribution in [2.45, 2.75) is 158 Å². The fourth-order valence-electron chi connectivity index (χ4n) is 13.6. The molecule has 11 aromatic rings. The molecule has 12 nitrogen and oxygen atoms in total. The van der Waals surface area contributed by atoms with E-state index in [2.05, 4.69) is 152 Å². The van der Waals surface area contributed by atoms with E-state index >= 15 is 0 Å². The van der Waals surface area contributed by atoms with Crippen LogP contribution in [-0.4, -0.2) is 56.3 Å². The van der Waals surface area contributed by atoms with Crippen LogP contribution in [0.25, 0.3) is 133 Å². The summed E-state index contributed by atoms with van der Waals surface area (Å²) in [6.45, 7) is 19.7. The van der Waals surface area contributed by atoms with Crippen molar-refractivity contribution in [2.75, 3.05) is 26.4 Å². The van der Waals surface area contributed by atoms with Crippen LogP contribution in [0.4, 0.5) is 0 Å². The van der Waals surface area contributed by atoms with E-state index < -0.39 is 0 Å². The van der Waals surface area contributed by atoms with Crippen molar-refractivity contribution >= 4 is 87.2 Å². The minimum Gasteiger partial charge on any atom is -0.492 e. The van der Waals surface area contributed by atoms with Gasteiger partial charge >= 0.3 is 17.1 Å². The molecular weight excluding hydrogens is 1150 g/mol. The predicted molar refractivity (Wildman–Crippen MR) is 362 cm³/mol. The molecule has 459 valence electrons. The van der Waals surface area contributed by atoms with Crippen LogP contribution in [0.15, 0.2) is 97.1 Å². The Hall–Kier alpha value is -8.12. The largest absolute Gasteiger partial charge is 2.00 e. The first-order chi connectivity index (χ1) is 43.2. The van der Waals surface area contributed by atoms with Crippen LogP contribution in [0.3, 0.4) is 0 Å². The van der Waals surface area contributed by atoms with E-state index in [1.807, 2.05) is 0 Å². The number of unbranched alkanes of at least 4 members (excludes halogenated alkanes) is 12. The van der Waals surface area contributed by atoms with Crippen molar-refractivity contribution < 1.29 is 36.0 Å². The molecule has 8 aromatic carbocycles. The van der Waals surface area contributed by atoms with E-state index in [4.69, 9.17) is 58.8 Å². The first-order valence-corrected chi connectivity index (χ1v) is 32.7. The third-order valence-electron chi connectivity index (χ3n) is 18.2. The summed E-state index contributed by atoms with van der Waals surface area (Å²) in [5, 5.41) is 11.3. The first-order valence-electron chi connectivity index (χ1n) is 32.7. The number of aromatic nitrogens is 8. The van der Waals surface area contributed by atoms with Crippen LogP contribution < -0.4 is 28.9 Å². The minimum atomic E-state index is 0. The Labute approximate surface area is 532 Å².